The van der Waals surface area contributed by atoms with Crippen molar-refractivity contribution in [2.75, 3.05) is 25.6 Å². The Morgan fingerprint density at radius 1 is 1.10 bits per heavy atom. The van der Waals surface area contributed by atoms with E-state index in [2.05, 4.69) is 32.3 Å². The van der Waals surface area contributed by atoms with Crippen LogP contribution in [0.3, 0.4) is 0 Å². The highest BCUT2D eigenvalue weighted by Gasteiger charge is 2.69. The third kappa shape index (κ3) is 6.23. The molecule has 0 amide bonds. The maximum Gasteiger partial charge on any atom is 0.336 e. The van der Waals surface area contributed by atoms with Gasteiger partial charge >= 0.3 is 5.97 Å². The Bertz CT molecular complexity index is 2280. The molecule has 2 aromatic heterocycles. The molecular formula is C37H37ClFN7O4S. The van der Waals surface area contributed by atoms with Gasteiger partial charge in [-0.25, -0.2) is 27.0 Å². The van der Waals surface area contributed by atoms with Crippen LogP contribution in [0.15, 0.2) is 101 Å². The molecule has 4 atom stereocenters. The number of halogens is 2. The number of aromatic nitrogens is 4. The molecule has 3 heterocycles. The number of hydrogen-bond donors (Lipinski definition) is 2. The molecule has 1 aliphatic carbocycles. The molecule has 264 valence electrons. The van der Waals surface area contributed by atoms with Crippen LogP contribution in [0.25, 0.3) is 10.8 Å². The van der Waals surface area contributed by atoms with E-state index in [-0.39, 0.29) is 41.5 Å². The number of anilines is 1. The molecule has 11 nitrogen and oxygen atoms in total. The van der Waals surface area contributed by atoms with Crippen LogP contribution in [0.5, 0.6) is 0 Å². The van der Waals surface area contributed by atoms with E-state index in [0.29, 0.717) is 27.9 Å². The molecule has 0 saturated heterocycles. The summed E-state index contributed by atoms with van der Waals surface area (Å²) in [6, 6.07) is 18.9. The van der Waals surface area contributed by atoms with Gasteiger partial charge in [-0.2, -0.15) is 0 Å². The van der Waals surface area contributed by atoms with Crippen molar-refractivity contribution < 1.29 is 22.3 Å². The molecule has 51 heavy (non-hydrogen) atoms. The van der Waals surface area contributed by atoms with Gasteiger partial charge in [0.25, 0.3) is 0 Å². The van der Waals surface area contributed by atoms with Crippen molar-refractivity contribution >= 4 is 44.1 Å². The third-order valence-electron chi connectivity index (χ3n) is 10.0. The Kier molecular flexibility index (Phi) is 9.06. The molecule has 2 aliphatic rings. The van der Waals surface area contributed by atoms with Crippen LogP contribution < -0.4 is 14.9 Å². The van der Waals surface area contributed by atoms with Gasteiger partial charge in [0, 0.05) is 71.7 Å². The maximum absolute atomic E-state index is 14.1. The van der Waals surface area contributed by atoms with Crippen molar-refractivity contribution in [1.29, 1.82) is 0 Å². The molecule has 14 heteroatoms. The molecule has 0 bridgehead atoms. The molecule has 0 spiro atoms. The highest BCUT2D eigenvalue weighted by atomic mass is 35.5. The third-order valence-corrected chi connectivity index (χ3v) is 11.8. The second-order valence-electron chi connectivity index (χ2n) is 13.2. The highest BCUT2D eigenvalue weighted by molar-refractivity contribution is 7.89. The van der Waals surface area contributed by atoms with Gasteiger partial charge in [-0.3, -0.25) is 4.98 Å². The molecule has 1 fully saturated rings. The lowest BCUT2D eigenvalue weighted by atomic mass is 9.80. The van der Waals surface area contributed by atoms with Crippen LogP contribution in [0.2, 0.25) is 5.02 Å². The van der Waals surface area contributed by atoms with Gasteiger partial charge in [0.05, 0.1) is 34.8 Å². The van der Waals surface area contributed by atoms with Gasteiger partial charge in [0.1, 0.15) is 12.4 Å². The zero-order valence-corrected chi connectivity index (χ0v) is 30.0. The van der Waals surface area contributed by atoms with Crippen LogP contribution in [0.4, 0.5) is 10.1 Å². The number of nitrogens with one attached hydrogen (secondary N) is 2. The van der Waals surface area contributed by atoms with E-state index in [1.165, 1.54) is 16.8 Å². The van der Waals surface area contributed by atoms with Crippen molar-refractivity contribution in [3.8, 4) is 0 Å². The zero-order chi connectivity index (χ0) is 36.1. The first-order valence-corrected chi connectivity index (χ1v) is 18.4. The first-order valence-electron chi connectivity index (χ1n) is 16.5. The monoisotopic (exact) mass is 729 g/mol. The average molecular weight is 730 g/mol. The minimum absolute atomic E-state index is 0.0199. The van der Waals surface area contributed by atoms with Crippen molar-refractivity contribution in [3.05, 3.63) is 124 Å². The summed E-state index contributed by atoms with van der Waals surface area (Å²) >= 11 is 6.61. The molecule has 5 aromatic rings. The molecule has 0 radical (unpaired) electrons. The Morgan fingerprint density at radius 2 is 1.84 bits per heavy atom. The summed E-state index contributed by atoms with van der Waals surface area (Å²) in [5.41, 5.74) is 3.66. The number of carbonyl (C=O) groups is 1. The maximum atomic E-state index is 14.1. The minimum atomic E-state index is -3.88. The Morgan fingerprint density at radius 3 is 2.59 bits per heavy atom. The second kappa shape index (κ2) is 13.4. The molecule has 1 saturated carbocycles. The molecule has 7 rings (SSSR count). The van der Waals surface area contributed by atoms with E-state index in [4.69, 9.17) is 16.3 Å². The predicted molar refractivity (Wildman–Crippen MR) is 192 cm³/mol. The Balaban J connectivity index is 1.04. The summed E-state index contributed by atoms with van der Waals surface area (Å²) in [7, 11) is -0.0659. The standard InChI is InChI=1S/C37H37ClFN7O4S/c1-22-35-34(29-12-11-25(39)19-30(29)38)33(23(2)42-37(22,35)24-13-15-40-16-14-24)36(47)50-18-17-46-21-26(43-44-46)20-41-51(48,49)32-10-6-7-27-28(32)8-5-9-31(27)45(3)4/h5-16,19,21-22,34-35,41-42H,17-18,20H2,1-4H3. The summed E-state index contributed by atoms with van der Waals surface area (Å²) in [6.07, 6.45) is 5.09. The van der Waals surface area contributed by atoms with Crippen LogP contribution in [-0.4, -0.2) is 55.1 Å². The molecule has 1 aliphatic heterocycles. The van der Waals surface area contributed by atoms with E-state index in [1.54, 1.807) is 42.9 Å². The van der Waals surface area contributed by atoms with E-state index in [9.17, 15) is 17.6 Å². The summed E-state index contributed by atoms with van der Waals surface area (Å²) in [5, 5.41) is 13.5. The van der Waals surface area contributed by atoms with Gasteiger partial charge < -0.3 is 15.0 Å². The molecule has 2 N–H and O–H groups in total. The number of esters is 1. The number of carbonyl (C=O) groups excluding carboxylic acids is 1. The van der Waals surface area contributed by atoms with Crippen LogP contribution >= 0.6 is 11.6 Å². The van der Waals surface area contributed by atoms with E-state index in [0.717, 1.165) is 16.6 Å². The lowest BCUT2D eigenvalue weighted by molar-refractivity contribution is -0.140. The SMILES string of the molecule is CC1=C(C(=O)OCCn2cc(CNS(=O)(=O)c3cccc4c(N(C)C)cccc34)nn2)C(c2ccc(F)cc2Cl)C2C(C)C2(c2ccncc2)N1. The molecular weight excluding hydrogens is 693 g/mol. The fourth-order valence-corrected chi connectivity index (χ4v) is 9.15. The first-order chi connectivity index (χ1) is 24.4. The van der Waals surface area contributed by atoms with Crippen molar-refractivity contribution in [2.24, 2.45) is 11.8 Å². The summed E-state index contributed by atoms with van der Waals surface area (Å²) in [4.78, 5) is 20.1. The lowest BCUT2D eigenvalue weighted by Crippen LogP contribution is -2.39. The average Bonchev–Trinajstić information content (AvgIpc) is 3.44. The van der Waals surface area contributed by atoms with Gasteiger partial charge in [-0.1, -0.05) is 54.1 Å². The summed E-state index contributed by atoms with van der Waals surface area (Å²) < 4.78 is 50.8. The zero-order valence-electron chi connectivity index (χ0n) is 28.5. The lowest BCUT2D eigenvalue weighted by Gasteiger charge is -2.34. The summed E-state index contributed by atoms with van der Waals surface area (Å²) in [5.74, 6) is -1.36. The van der Waals surface area contributed by atoms with Crippen LogP contribution in [-0.2, 0) is 38.2 Å². The van der Waals surface area contributed by atoms with E-state index >= 15 is 0 Å². The Labute approximate surface area is 300 Å². The number of ether oxygens (including phenoxy) is 1. The minimum Gasteiger partial charge on any atom is -0.460 e. The number of pyridine rings is 1. The number of nitrogens with zero attached hydrogens (tertiary/aromatic N) is 5. The summed E-state index contributed by atoms with van der Waals surface area (Å²) in [6.45, 7) is 4.05. The van der Waals surface area contributed by atoms with Crippen LogP contribution in [0, 0.1) is 17.7 Å². The quantitative estimate of drug-likeness (QED) is 0.169. The van der Waals surface area contributed by atoms with Crippen LogP contribution in [0.1, 0.15) is 36.6 Å². The van der Waals surface area contributed by atoms with Gasteiger partial charge in [-0.15, -0.1) is 5.10 Å². The Hall–Kier alpha value is -4.85. The van der Waals surface area contributed by atoms with Gasteiger partial charge in [0.2, 0.25) is 10.0 Å². The van der Waals surface area contributed by atoms with Crippen molar-refractivity contribution in [2.45, 2.75) is 43.3 Å². The van der Waals surface area contributed by atoms with E-state index in [1.807, 2.05) is 56.3 Å². The number of allylic oxidation sites excluding steroid dienone is 1. The van der Waals surface area contributed by atoms with Crippen molar-refractivity contribution in [1.82, 2.24) is 30.0 Å². The molecule has 3 aromatic carbocycles. The first kappa shape index (κ1) is 34.6. The fraction of sp³-hybridized carbons (Fsp3) is 0.297. The fourth-order valence-electron chi connectivity index (χ4n) is 7.65. The second-order valence-corrected chi connectivity index (χ2v) is 15.3. The topological polar surface area (TPSA) is 131 Å². The smallest absolute Gasteiger partial charge is 0.336 e. The van der Waals surface area contributed by atoms with Gasteiger partial charge in [0.15, 0.2) is 0 Å². The number of hydrogen-bond acceptors (Lipinski definition) is 9. The number of sulfonamides is 1. The number of benzene rings is 3. The number of rotatable bonds is 11. The number of fused-ring (bicyclic) bond motifs is 2. The molecule has 4 unspecified atom stereocenters. The largest absolute Gasteiger partial charge is 0.460 e. The highest BCUT2D eigenvalue weighted by Crippen LogP contribution is 2.68. The van der Waals surface area contributed by atoms with Gasteiger partial charge in [-0.05, 0) is 60.4 Å². The van der Waals surface area contributed by atoms with Crippen molar-refractivity contribution in [3.63, 3.8) is 0 Å². The normalized spacial score (nSPS) is 21.3. The predicted octanol–water partition coefficient (Wildman–Crippen LogP) is 5.53. The van der Waals surface area contributed by atoms with E-state index < -0.39 is 33.3 Å².